The average molecular weight is 487 g/mol. The Kier molecular flexibility index (Phi) is 22.8. The molecular weight excluding hydrogens is 487 g/mol. The van der Waals surface area contributed by atoms with Gasteiger partial charge in [0, 0.05) is 0 Å². The normalized spacial score (nSPS) is 10.2. The monoisotopic (exact) mass is 486 g/mol. The molecule has 0 saturated carbocycles. The van der Waals surface area contributed by atoms with E-state index in [1.807, 2.05) is 0 Å². The molecule has 0 aromatic carbocycles. The molecule has 0 unspecified atom stereocenters. The summed E-state index contributed by atoms with van der Waals surface area (Å²) in [6, 6.07) is 0. The molecule has 0 radical (unpaired) electrons. The van der Waals surface area contributed by atoms with Crippen molar-refractivity contribution in [1.29, 1.82) is 0 Å². The van der Waals surface area contributed by atoms with Crippen molar-refractivity contribution in [2.75, 3.05) is 0 Å². The molecule has 0 bridgehead atoms. The molecule has 0 saturated heterocycles. The zero-order valence-corrected chi connectivity index (χ0v) is 15.9. The fourth-order valence-corrected chi connectivity index (χ4v) is 0. The van der Waals surface area contributed by atoms with Gasteiger partial charge in [0.05, 0.1) is 0 Å². The van der Waals surface area contributed by atoms with E-state index in [9.17, 15) is 0 Å². The van der Waals surface area contributed by atoms with Crippen LogP contribution < -0.4 is 24.9 Å². The summed E-state index contributed by atoms with van der Waals surface area (Å²) in [4.78, 5) is 0. The van der Waals surface area contributed by atoms with Crippen molar-refractivity contribution in [2.24, 2.45) is 0 Å². The second kappa shape index (κ2) is 12.5. The van der Waals surface area contributed by atoms with Crippen molar-refractivity contribution in [3.8, 4) is 0 Å². The Labute approximate surface area is 127 Å². The maximum absolute atomic E-state index is 8.59. The van der Waals surface area contributed by atoms with Gasteiger partial charge in [-0.3, -0.25) is 0 Å². The van der Waals surface area contributed by atoms with Crippen molar-refractivity contribution in [3.63, 3.8) is 0 Å². The molecule has 0 aliphatic heterocycles. The summed E-state index contributed by atoms with van der Waals surface area (Å²) in [7, 11) is 0. The molecule has 17 heteroatoms. The van der Waals surface area contributed by atoms with Crippen molar-refractivity contribution >= 4 is 39.6 Å². The minimum atomic E-state index is -5.75. The number of hydrogen-bond acceptors (Lipinski definition) is 12. The SMILES string of the molecule is [Ga+3].[Ga+3].[O]=[Cr](=[O])([O-])[O-].[O]=[Cr](=[O])([O-])[O-].[O]=[Cr](=[O])([O-])[O-]. The molecule has 0 fully saturated rings. The van der Waals surface area contributed by atoms with E-state index in [2.05, 4.69) is 0 Å². The van der Waals surface area contributed by atoms with Crippen molar-refractivity contribution in [2.45, 2.75) is 0 Å². The summed E-state index contributed by atoms with van der Waals surface area (Å²) >= 11 is -17.2. The zero-order valence-electron chi connectivity index (χ0n) is 7.28. The third-order valence-electron chi connectivity index (χ3n) is 0. The van der Waals surface area contributed by atoms with Gasteiger partial charge in [-0.25, -0.2) is 0 Å². The maximum atomic E-state index is 8.59. The quantitative estimate of drug-likeness (QED) is 0.289. The fraction of sp³-hybridized carbons (Fsp3) is 0. The standard InChI is InChI=1S/3Cr.2Ga.12O/q;;;2*+3;;;;;;;6*-1. The van der Waals surface area contributed by atoms with Crippen LogP contribution in [0, 0.1) is 0 Å². The zero-order chi connectivity index (χ0) is 13.5. The van der Waals surface area contributed by atoms with Crippen LogP contribution in [0.25, 0.3) is 0 Å². The van der Waals surface area contributed by atoms with E-state index < -0.39 is 40.8 Å². The molecule has 0 atom stereocenters. The van der Waals surface area contributed by atoms with Gasteiger partial charge < -0.3 is 0 Å². The van der Waals surface area contributed by atoms with Crippen LogP contribution in [0.15, 0.2) is 0 Å². The van der Waals surface area contributed by atoms with Gasteiger partial charge in [-0.1, -0.05) is 0 Å². The molecule has 0 N–H and O–H groups in total. The predicted molar refractivity (Wildman–Crippen MR) is 15.6 cm³/mol. The first-order valence-electron chi connectivity index (χ1n) is 2.00. The molecule has 0 aromatic heterocycles. The summed E-state index contributed by atoms with van der Waals surface area (Å²) in [6.45, 7) is 0. The third-order valence-corrected chi connectivity index (χ3v) is 0. The molecule has 0 aliphatic rings. The van der Waals surface area contributed by atoms with Gasteiger partial charge in [0.1, 0.15) is 0 Å². The first kappa shape index (κ1) is 31.0. The average Bonchev–Trinajstić information content (AvgIpc) is 1.41. The molecule has 0 aromatic rings. The van der Waals surface area contributed by atoms with Gasteiger partial charge in [0.15, 0.2) is 0 Å². The Balaban J connectivity index is -0.0000000400. The van der Waals surface area contributed by atoms with Crippen molar-refractivity contribution in [1.82, 2.24) is 0 Å². The third kappa shape index (κ3) is 2030. The fourth-order valence-electron chi connectivity index (χ4n) is 0. The van der Waals surface area contributed by atoms with E-state index in [1.54, 1.807) is 0 Å². The molecule has 0 rings (SSSR count). The summed E-state index contributed by atoms with van der Waals surface area (Å²) in [5.74, 6) is 0. The molecule has 0 amide bonds. The van der Waals surface area contributed by atoms with Gasteiger partial charge in [-0.05, 0) is 0 Å². The van der Waals surface area contributed by atoms with Crippen LogP contribution in [0.4, 0.5) is 0 Å². The summed E-state index contributed by atoms with van der Waals surface area (Å²) < 4.78 is 103. The molecule has 96 valence electrons. The molecular formula is Cr3Ga2O12. The van der Waals surface area contributed by atoms with E-state index in [1.165, 1.54) is 0 Å². The van der Waals surface area contributed by atoms with Crippen LogP contribution in [0.1, 0.15) is 0 Å². The number of rotatable bonds is 0. The van der Waals surface area contributed by atoms with Gasteiger partial charge in [0.2, 0.25) is 0 Å². The Hall–Kier alpha value is 1.43. The van der Waals surface area contributed by atoms with E-state index in [-0.39, 0.29) is 39.6 Å². The van der Waals surface area contributed by atoms with Gasteiger partial charge in [-0.2, -0.15) is 0 Å². The topological polar surface area (TPSA) is 241 Å². The molecule has 12 nitrogen and oxygen atoms in total. The predicted octanol–water partition coefficient (Wildman–Crippen LogP) is -8.62. The van der Waals surface area contributed by atoms with Crippen molar-refractivity contribution < 1.29 is 88.6 Å². The Morgan fingerprint density at radius 1 is 0.412 bits per heavy atom. The van der Waals surface area contributed by atoms with E-state index >= 15 is 0 Å². The van der Waals surface area contributed by atoms with Gasteiger partial charge >= 0.3 is 128 Å². The molecule has 0 heterocycles. The van der Waals surface area contributed by atoms with E-state index in [0.717, 1.165) is 0 Å². The molecule has 17 heavy (non-hydrogen) atoms. The number of hydrogen-bond donors (Lipinski definition) is 0. The van der Waals surface area contributed by atoms with E-state index in [4.69, 9.17) is 47.8 Å². The first-order valence-corrected chi connectivity index (χ1v) is 8.25. The van der Waals surface area contributed by atoms with Crippen LogP contribution in [-0.2, 0) is 63.7 Å². The second-order valence-electron chi connectivity index (χ2n) is 1.22. The first-order chi connectivity index (χ1) is 6.00. The van der Waals surface area contributed by atoms with Crippen LogP contribution in [-0.4, -0.2) is 39.6 Å². The second-order valence-corrected chi connectivity index (χ2v) is 5.05. The Bertz CT molecular complexity index is 341. The van der Waals surface area contributed by atoms with Gasteiger partial charge in [-0.15, -0.1) is 0 Å². The van der Waals surface area contributed by atoms with Gasteiger partial charge in [0.25, 0.3) is 0 Å². The minimum absolute atomic E-state index is 0. The van der Waals surface area contributed by atoms with Crippen molar-refractivity contribution in [3.05, 3.63) is 0 Å². The molecule has 0 aliphatic carbocycles. The Morgan fingerprint density at radius 3 is 0.412 bits per heavy atom. The summed E-state index contributed by atoms with van der Waals surface area (Å²) in [5.41, 5.74) is 0. The van der Waals surface area contributed by atoms with Crippen LogP contribution >= 0.6 is 0 Å². The summed E-state index contributed by atoms with van der Waals surface area (Å²) in [5, 5.41) is 0. The van der Waals surface area contributed by atoms with E-state index in [0.29, 0.717) is 0 Å². The molecule has 0 spiro atoms. The van der Waals surface area contributed by atoms with Crippen LogP contribution in [0.5, 0.6) is 0 Å². The van der Waals surface area contributed by atoms with Crippen LogP contribution in [0.2, 0.25) is 0 Å². The Morgan fingerprint density at radius 2 is 0.412 bits per heavy atom. The van der Waals surface area contributed by atoms with Crippen LogP contribution in [0.3, 0.4) is 0 Å². The summed E-state index contributed by atoms with van der Waals surface area (Å²) in [6.07, 6.45) is 0.